The molecular formula is C88H126Br3O36PS3. The Bertz CT molecular complexity index is 4660. The molecule has 12 fully saturated rings. The number of hydrogen-bond acceptors (Lipinski definition) is 36. The predicted molar refractivity (Wildman–Crippen MR) is 476 cm³/mol. The first kappa shape index (κ1) is 105. The number of fused-ring (bicyclic) bond motifs is 9. The molecule has 16 rings (SSSR count). The fraction of sp³-hybridized carbons (Fsp3) is 0.727. The minimum Gasteiger partial charge on any atom is -0.424 e. The molecule has 131 heavy (non-hydrogen) atoms. The van der Waals surface area contributed by atoms with Crippen molar-refractivity contribution >= 4 is 86.6 Å². The molecule has 0 spiro atoms. The number of aliphatic hydroxyl groups excluding tert-OH is 1. The van der Waals surface area contributed by atoms with Crippen LogP contribution in [0.5, 0.6) is 23.0 Å². The van der Waals surface area contributed by atoms with Gasteiger partial charge in [-0.1, -0.05) is 128 Å². The lowest BCUT2D eigenvalue weighted by molar-refractivity contribution is -0.285. The average Bonchev–Trinajstić information content (AvgIpc) is 1.60. The first-order chi connectivity index (χ1) is 61.0. The van der Waals surface area contributed by atoms with Crippen molar-refractivity contribution in [2.45, 2.75) is 309 Å². The Hall–Kier alpha value is -3.40. The van der Waals surface area contributed by atoms with Crippen LogP contribution in [0.2, 0.25) is 0 Å². The van der Waals surface area contributed by atoms with E-state index in [1.807, 2.05) is 138 Å². The van der Waals surface area contributed by atoms with Crippen LogP contribution in [0.25, 0.3) is 0 Å². The van der Waals surface area contributed by atoms with Crippen LogP contribution in [0.1, 0.15) is 145 Å². The van der Waals surface area contributed by atoms with Crippen LogP contribution >= 0.6 is 55.4 Å². The summed E-state index contributed by atoms with van der Waals surface area (Å²) in [6, 6.07) is 27.9. The van der Waals surface area contributed by atoms with Crippen molar-refractivity contribution in [3.8, 4) is 23.0 Å². The third-order valence-electron chi connectivity index (χ3n) is 25.2. The van der Waals surface area contributed by atoms with Gasteiger partial charge in [0.15, 0.2) is 72.5 Å². The molecule has 43 heteroatoms. The molecule has 0 aliphatic carbocycles. The molecule has 36 nitrogen and oxygen atoms in total. The normalized spacial score (nSPS) is 38.3. The topological polar surface area (TPSA) is 398 Å². The lowest BCUT2D eigenvalue weighted by Gasteiger charge is -2.44. The summed E-state index contributed by atoms with van der Waals surface area (Å²) >= 11 is 9.89. The Balaban J connectivity index is 0.000000153. The van der Waals surface area contributed by atoms with Crippen molar-refractivity contribution in [3.63, 3.8) is 0 Å². The van der Waals surface area contributed by atoms with Crippen LogP contribution in [-0.4, -0.2) is 241 Å². The third-order valence-corrected chi connectivity index (χ3v) is 30.4. The van der Waals surface area contributed by atoms with Crippen LogP contribution in [0, 0.1) is 53.3 Å². The highest BCUT2D eigenvalue weighted by atomic mass is 79.9. The average molecular weight is 2130 g/mol. The van der Waals surface area contributed by atoms with E-state index in [0.717, 1.165) is 13.4 Å². The molecular weight excluding hydrogens is 2000 g/mol. The van der Waals surface area contributed by atoms with Gasteiger partial charge in [-0.25, -0.2) is 17.1 Å². The number of aliphatic hydroxyl groups is 1. The van der Waals surface area contributed by atoms with Gasteiger partial charge in [0.25, 0.3) is 0 Å². The number of para-hydroxylation sites is 1. The van der Waals surface area contributed by atoms with E-state index in [0.29, 0.717) is 5.75 Å². The van der Waals surface area contributed by atoms with E-state index in [-0.39, 0.29) is 141 Å². The van der Waals surface area contributed by atoms with Crippen LogP contribution < -0.4 is 17.1 Å². The van der Waals surface area contributed by atoms with Crippen molar-refractivity contribution in [1.82, 2.24) is 0 Å². The smallest absolute Gasteiger partial charge is 0.424 e. The summed E-state index contributed by atoms with van der Waals surface area (Å²) < 4.78 is 253. The van der Waals surface area contributed by atoms with Crippen molar-refractivity contribution in [1.29, 1.82) is 0 Å². The third kappa shape index (κ3) is 27.0. The van der Waals surface area contributed by atoms with Crippen molar-refractivity contribution in [2.24, 2.45) is 53.3 Å². The predicted octanol–water partition coefficient (Wildman–Crippen LogP) is 14.3. The van der Waals surface area contributed by atoms with Crippen molar-refractivity contribution in [2.75, 3.05) is 46.3 Å². The SMILES string of the molecule is CC1(C)OC2[C@H](OC(CO)[C@@H]3OC(C)(C)O[C@H]23)O1.CC1C(OCC2O[C@@H]3OC(C)(C)OC3[C@H]3OC(C)(C)O[C@@H]23)OC(COS(=O)(=O)Oc2ccc(Br)cc2)[C@@H](C)[C@@H]1C.CC1C(OCC2O[C@@H]3OC(C)(C)OC3[C@H]3OC(C)(C)O[C@@H]23)OC(COS(=O)(=O)Oc2ccc(Br)cc2)[C@@H](C)[C@@H]1C.CC1C(OP(C)(=O)Oc2ccccc2)OC(COS(=O)(=O)Oc2ccc(Br)cc2)[C@@H](C)[C@@H]1C. The Morgan fingerprint density at radius 1 is 0.313 bits per heavy atom. The fourth-order valence-electron chi connectivity index (χ4n) is 17.6. The number of halogens is 3. The second-order valence-corrected chi connectivity index (χ2v) is 46.1. The zero-order chi connectivity index (χ0) is 95.4. The van der Waals surface area contributed by atoms with Gasteiger partial charge in [0.1, 0.15) is 96.2 Å². The second kappa shape index (κ2) is 41.8. The summed E-state index contributed by atoms with van der Waals surface area (Å²) in [6.07, 6.45) is -10.4. The molecule has 4 aromatic carbocycles. The van der Waals surface area contributed by atoms with Crippen molar-refractivity contribution in [3.05, 3.63) is 117 Å². The molecule has 1 N–H and O–H groups in total. The van der Waals surface area contributed by atoms with Crippen LogP contribution in [0.4, 0.5) is 0 Å². The van der Waals surface area contributed by atoms with Gasteiger partial charge < -0.3 is 117 Å². The quantitative estimate of drug-likeness (QED) is 0.0570. The van der Waals surface area contributed by atoms with E-state index in [9.17, 15) is 34.9 Å². The van der Waals surface area contributed by atoms with Gasteiger partial charge in [0, 0.05) is 31.2 Å². The summed E-state index contributed by atoms with van der Waals surface area (Å²) in [7, 11) is -16.4. The number of hydrogen-bond donors (Lipinski definition) is 1. The zero-order valence-electron chi connectivity index (χ0n) is 77.4. The lowest BCUT2D eigenvalue weighted by atomic mass is 9.79. The molecule has 12 saturated heterocycles. The van der Waals surface area contributed by atoms with Gasteiger partial charge in [0.05, 0.1) is 64.6 Å². The van der Waals surface area contributed by atoms with Crippen LogP contribution in [0.3, 0.4) is 0 Å². The van der Waals surface area contributed by atoms with E-state index in [4.69, 9.17) is 129 Å². The molecule has 12 aliphatic heterocycles. The Morgan fingerprint density at radius 2 is 0.580 bits per heavy atom. The summed E-state index contributed by atoms with van der Waals surface area (Å²) in [5.74, 6) is -3.51. The van der Waals surface area contributed by atoms with E-state index < -0.39 is 172 Å². The molecule has 0 bridgehead atoms. The molecule has 12 aliphatic rings. The van der Waals surface area contributed by atoms with E-state index in [1.165, 1.54) is 43.1 Å². The first-order valence-electron chi connectivity index (χ1n) is 44.0. The fourth-order valence-corrected chi connectivity index (χ4v) is 21.7. The highest BCUT2D eigenvalue weighted by Gasteiger charge is 2.65. The zero-order valence-corrected chi connectivity index (χ0v) is 85.5. The Morgan fingerprint density at radius 3 is 0.893 bits per heavy atom. The summed E-state index contributed by atoms with van der Waals surface area (Å²) in [5, 5.41) is 9.40. The maximum atomic E-state index is 13.0. The molecule has 0 radical (unpaired) electrons. The van der Waals surface area contributed by atoms with E-state index >= 15 is 0 Å². The largest absolute Gasteiger partial charge is 0.449 e. The lowest BCUT2D eigenvalue weighted by Crippen LogP contribution is -2.57. The molecule has 4 aromatic rings. The summed E-state index contributed by atoms with van der Waals surface area (Å²) in [6.45, 7) is 41.1. The standard InChI is InChI=1S/2C27H39BrO11S.C22H28BrO8PS.C12H20O6/c2*1-14-15(2)19(13-32-40(29,30)39-18-10-8-17(28)9-11-18)33-24(16(14)3)31-12-20-21-22(36-26(4,5)35-21)23-25(34-20)38-27(6,7)37-23;1-15-16(2)21(14-27-33(25,26)31-20-12-10-18(23)11-13-20)28-22(17(15)3)30-32(4,24)29-19-8-6-5-7-9-19;1-11(2)15-7-6(5-13)14-10-9(8(7)16-11)17-12(3,4)18-10/h2*8-11,14-16,19-25H,12-13H2,1-7H3;5-13,15-17,21-22H,14H2,1-4H3;6-10,13H,5H2,1-4H3/t2*14-,15-,16?,19?,20?,21-,22-,23?,24?,25+;15-,16-,17?,21?,22?,32?;6?,7-,8-,9?,10+/m0000/s1. The molecule has 738 valence electrons. The minimum atomic E-state index is -4.31. The van der Waals surface area contributed by atoms with Crippen LogP contribution in [0.15, 0.2) is 117 Å². The van der Waals surface area contributed by atoms with E-state index in [1.54, 1.807) is 60.7 Å². The Kier molecular flexibility index (Phi) is 33.5. The van der Waals surface area contributed by atoms with Gasteiger partial charge in [-0.15, -0.1) is 0 Å². The van der Waals surface area contributed by atoms with Gasteiger partial charge in [0.2, 0.25) is 0 Å². The maximum Gasteiger partial charge on any atom is 0.449 e. The van der Waals surface area contributed by atoms with Gasteiger partial charge in [-0.3, -0.25) is 4.52 Å². The van der Waals surface area contributed by atoms with Crippen molar-refractivity contribution < 1.29 is 164 Å². The monoisotopic (exact) mass is 2120 g/mol. The highest BCUT2D eigenvalue weighted by Crippen LogP contribution is 2.52. The molecule has 31 atom stereocenters. The number of benzene rings is 4. The number of ether oxygens (including phenoxy) is 20. The van der Waals surface area contributed by atoms with Gasteiger partial charge >= 0.3 is 38.8 Å². The minimum absolute atomic E-state index is 0.00688. The second-order valence-electron chi connectivity index (χ2n) is 37.8. The number of rotatable bonds is 26. The molecule has 0 aromatic heterocycles. The molecule has 16 unspecified atom stereocenters. The highest BCUT2D eigenvalue weighted by molar-refractivity contribution is 9.11. The van der Waals surface area contributed by atoms with Gasteiger partial charge in [-0.2, -0.15) is 25.3 Å². The molecule has 12 heterocycles. The summed E-state index contributed by atoms with van der Waals surface area (Å²) in [4.78, 5) is 0. The van der Waals surface area contributed by atoms with Gasteiger partial charge in [-0.05, 0) is 204 Å². The van der Waals surface area contributed by atoms with Crippen LogP contribution in [-0.2, 0) is 148 Å². The van der Waals surface area contributed by atoms with E-state index in [2.05, 4.69) is 61.6 Å². The molecule has 0 amide bonds. The first-order valence-corrected chi connectivity index (χ1v) is 52.3. The Labute approximate surface area is 793 Å². The molecule has 0 saturated carbocycles. The maximum absolute atomic E-state index is 13.0. The summed E-state index contributed by atoms with van der Waals surface area (Å²) in [5.41, 5.74) is 0.